The number of ether oxygens (including phenoxy) is 1. The van der Waals surface area contributed by atoms with Gasteiger partial charge in [0.05, 0.1) is 17.3 Å². The quantitative estimate of drug-likeness (QED) is 0.468. The fraction of sp³-hybridized carbons (Fsp3) is 0.200. The Morgan fingerprint density at radius 2 is 1.83 bits per heavy atom. The van der Waals surface area contributed by atoms with Crippen LogP contribution >= 0.6 is 11.6 Å². The molecule has 0 aliphatic rings. The van der Waals surface area contributed by atoms with Crippen molar-refractivity contribution in [3.05, 3.63) is 59.6 Å². The summed E-state index contributed by atoms with van der Waals surface area (Å²) in [6, 6.07) is 14.6. The van der Waals surface area contributed by atoms with Gasteiger partial charge in [-0.15, -0.1) is 13.2 Å². The Labute approximate surface area is 175 Å². The first-order valence-corrected chi connectivity index (χ1v) is 9.25. The molecule has 0 aliphatic carbocycles. The Bertz CT molecular complexity index is 1000. The van der Waals surface area contributed by atoms with Crippen LogP contribution in [0, 0.1) is 0 Å². The van der Waals surface area contributed by atoms with Crippen LogP contribution in [0.3, 0.4) is 0 Å². The molecule has 0 saturated heterocycles. The minimum absolute atomic E-state index is 0.113. The Kier molecular flexibility index (Phi) is 6.63. The normalized spacial score (nSPS) is 12.3. The van der Waals surface area contributed by atoms with Gasteiger partial charge in [0.1, 0.15) is 11.6 Å². The van der Waals surface area contributed by atoms with E-state index < -0.39 is 12.1 Å². The molecule has 1 heterocycles. The second-order valence-corrected chi connectivity index (χ2v) is 6.78. The number of alkyl halides is 3. The number of halogens is 4. The Balaban J connectivity index is 1.91. The van der Waals surface area contributed by atoms with Crippen LogP contribution in [0.2, 0.25) is 5.02 Å². The maximum atomic E-state index is 12.4. The third-order valence-corrected chi connectivity index (χ3v) is 4.17. The predicted octanol–water partition coefficient (Wildman–Crippen LogP) is 5.23. The highest BCUT2D eigenvalue weighted by Gasteiger charge is 2.32. The molecule has 0 fully saturated rings. The molecule has 0 radical (unpaired) electrons. The number of rotatable bonds is 7. The molecule has 0 saturated carbocycles. The molecule has 30 heavy (non-hydrogen) atoms. The van der Waals surface area contributed by atoms with Crippen molar-refractivity contribution >= 4 is 29.1 Å². The van der Waals surface area contributed by atoms with Gasteiger partial charge in [-0.3, -0.25) is 0 Å². The van der Waals surface area contributed by atoms with E-state index in [-0.39, 0.29) is 23.6 Å². The number of nitrogens with zero attached hydrogens (tertiary/aromatic N) is 2. The van der Waals surface area contributed by atoms with Gasteiger partial charge in [0, 0.05) is 23.4 Å². The first kappa shape index (κ1) is 21.7. The van der Waals surface area contributed by atoms with Crippen molar-refractivity contribution < 1.29 is 23.0 Å². The van der Waals surface area contributed by atoms with Crippen LogP contribution in [-0.4, -0.2) is 34.1 Å². The molecule has 3 aromatic rings. The molecule has 0 amide bonds. The van der Waals surface area contributed by atoms with Crippen molar-refractivity contribution in [1.82, 2.24) is 9.97 Å². The lowest BCUT2D eigenvalue weighted by molar-refractivity contribution is -0.274. The fourth-order valence-corrected chi connectivity index (χ4v) is 2.75. The standard InChI is InChI=1S/C20H18ClF3N4O2/c1-12(11-29)25-19-27-16(13-5-3-2-4-6-13)10-18(28-19)26-14-7-8-17(15(21)9-14)30-20(22,23)24/h2-10,12,29H,11H2,1H3,(H2,25,26,27,28)/t12-/m0/s1. The number of nitrogens with one attached hydrogen (secondary N) is 2. The van der Waals surface area contributed by atoms with Crippen LogP contribution in [0.15, 0.2) is 54.6 Å². The summed E-state index contributed by atoms with van der Waals surface area (Å²) in [4.78, 5) is 8.82. The summed E-state index contributed by atoms with van der Waals surface area (Å²) < 4.78 is 41.1. The molecule has 3 N–H and O–H groups in total. The number of aliphatic hydroxyl groups is 1. The average molecular weight is 439 g/mol. The second-order valence-electron chi connectivity index (χ2n) is 6.37. The molecule has 6 nitrogen and oxygen atoms in total. The van der Waals surface area contributed by atoms with Gasteiger partial charge in [0.2, 0.25) is 5.95 Å². The van der Waals surface area contributed by atoms with E-state index in [1.807, 2.05) is 30.3 Å². The topological polar surface area (TPSA) is 79.3 Å². The molecule has 158 valence electrons. The lowest BCUT2D eigenvalue weighted by Gasteiger charge is -2.15. The molecule has 1 atom stereocenters. The lowest BCUT2D eigenvalue weighted by atomic mass is 10.1. The van der Waals surface area contributed by atoms with Gasteiger partial charge in [-0.05, 0) is 25.1 Å². The predicted molar refractivity (Wildman–Crippen MR) is 109 cm³/mol. The molecule has 10 heteroatoms. The van der Waals surface area contributed by atoms with Gasteiger partial charge in [-0.1, -0.05) is 41.9 Å². The number of benzene rings is 2. The zero-order valence-electron chi connectivity index (χ0n) is 15.7. The molecule has 1 aromatic heterocycles. The minimum Gasteiger partial charge on any atom is -0.404 e. The molecule has 0 bridgehead atoms. The van der Waals surface area contributed by atoms with Gasteiger partial charge in [-0.2, -0.15) is 4.98 Å². The van der Waals surface area contributed by atoms with Crippen LogP contribution in [0.25, 0.3) is 11.3 Å². The first-order valence-electron chi connectivity index (χ1n) is 8.88. The highest BCUT2D eigenvalue weighted by atomic mass is 35.5. The van der Waals surface area contributed by atoms with Gasteiger partial charge in [0.15, 0.2) is 0 Å². The Hall–Kier alpha value is -3.04. The number of aromatic nitrogens is 2. The van der Waals surface area contributed by atoms with E-state index in [1.165, 1.54) is 12.1 Å². The van der Waals surface area contributed by atoms with Crippen molar-refractivity contribution in [2.75, 3.05) is 17.2 Å². The number of anilines is 3. The van der Waals surface area contributed by atoms with E-state index in [4.69, 9.17) is 11.6 Å². The van der Waals surface area contributed by atoms with Crippen LogP contribution < -0.4 is 15.4 Å². The van der Waals surface area contributed by atoms with Gasteiger partial charge in [0.25, 0.3) is 0 Å². The third-order valence-electron chi connectivity index (χ3n) is 3.88. The SMILES string of the molecule is C[C@@H](CO)Nc1nc(Nc2ccc(OC(F)(F)F)c(Cl)c2)cc(-c2ccccc2)n1. The van der Waals surface area contributed by atoms with Gasteiger partial charge < -0.3 is 20.5 Å². The van der Waals surface area contributed by atoms with Crippen molar-refractivity contribution in [2.45, 2.75) is 19.3 Å². The molecule has 3 rings (SSSR count). The van der Waals surface area contributed by atoms with E-state index >= 15 is 0 Å². The van der Waals surface area contributed by atoms with E-state index in [0.717, 1.165) is 11.6 Å². The minimum atomic E-state index is -4.83. The van der Waals surface area contributed by atoms with Crippen molar-refractivity contribution in [3.63, 3.8) is 0 Å². The molecule has 0 aliphatic heterocycles. The smallest absolute Gasteiger partial charge is 0.404 e. The second kappa shape index (κ2) is 9.19. The monoisotopic (exact) mass is 438 g/mol. The largest absolute Gasteiger partial charge is 0.573 e. The summed E-state index contributed by atoms with van der Waals surface area (Å²) in [7, 11) is 0. The summed E-state index contributed by atoms with van der Waals surface area (Å²) in [5.74, 6) is 0.169. The maximum Gasteiger partial charge on any atom is 0.573 e. The average Bonchev–Trinajstić information content (AvgIpc) is 2.69. The van der Waals surface area contributed by atoms with E-state index in [1.54, 1.807) is 13.0 Å². The summed E-state index contributed by atoms with van der Waals surface area (Å²) in [5.41, 5.74) is 1.87. The van der Waals surface area contributed by atoms with Crippen LogP contribution in [0.4, 0.5) is 30.6 Å². The number of hydrogen-bond donors (Lipinski definition) is 3. The maximum absolute atomic E-state index is 12.4. The summed E-state index contributed by atoms with van der Waals surface area (Å²) in [6.07, 6.45) is -4.83. The highest BCUT2D eigenvalue weighted by Crippen LogP contribution is 2.33. The number of hydrogen-bond acceptors (Lipinski definition) is 6. The van der Waals surface area contributed by atoms with Crippen molar-refractivity contribution in [1.29, 1.82) is 0 Å². The zero-order chi connectivity index (χ0) is 21.7. The van der Waals surface area contributed by atoms with Crippen LogP contribution in [0.1, 0.15) is 6.92 Å². The molecule has 0 spiro atoms. The van der Waals surface area contributed by atoms with Crippen LogP contribution in [-0.2, 0) is 0 Å². The molecular formula is C20H18ClF3N4O2. The molecular weight excluding hydrogens is 421 g/mol. The molecule has 2 aromatic carbocycles. The summed E-state index contributed by atoms with van der Waals surface area (Å²) >= 11 is 5.91. The lowest BCUT2D eigenvalue weighted by Crippen LogP contribution is -2.21. The van der Waals surface area contributed by atoms with E-state index in [2.05, 4.69) is 25.3 Å². The van der Waals surface area contributed by atoms with Gasteiger partial charge in [-0.25, -0.2) is 4.98 Å². The summed E-state index contributed by atoms with van der Waals surface area (Å²) in [5, 5.41) is 15.1. The number of aliphatic hydroxyl groups excluding tert-OH is 1. The fourth-order valence-electron chi connectivity index (χ4n) is 2.53. The zero-order valence-corrected chi connectivity index (χ0v) is 16.5. The van der Waals surface area contributed by atoms with Gasteiger partial charge >= 0.3 is 6.36 Å². The van der Waals surface area contributed by atoms with Crippen molar-refractivity contribution in [2.24, 2.45) is 0 Å². The Morgan fingerprint density at radius 3 is 2.47 bits per heavy atom. The molecule has 0 unspecified atom stereocenters. The highest BCUT2D eigenvalue weighted by molar-refractivity contribution is 6.32. The van der Waals surface area contributed by atoms with Crippen molar-refractivity contribution in [3.8, 4) is 17.0 Å². The van der Waals surface area contributed by atoms with E-state index in [9.17, 15) is 18.3 Å². The Morgan fingerprint density at radius 1 is 1.10 bits per heavy atom. The summed E-state index contributed by atoms with van der Waals surface area (Å²) in [6.45, 7) is 1.66. The van der Waals surface area contributed by atoms with Crippen LogP contribution in [0.5, 0.6) is 5.75 Å². The van der Waals surface area contributed by atoms with E-state index in [0.29, 0.717) is 17.2 Å². The first-order chi connectivity index (χ1) is 14.2. The third kappa shape index (κ3) is 5.98.